The molecule has 0 bridgehead atoms. The maximum absolute atomic E-state index is 13.3. The summed E-state index contributed by atoms with van der Waals surface area (Å²) in [6.07, 6.45) is 0.788. The first-order valence-corrected chi connectivity index (χ1v) is 10.5. The fourth-order valence-electron chi connectivity index (χ4n) is 3.36. The number of ether oxygens (including phenoxy) is 4. The van der Waals surface area contributed by atoms with Crippen molar-refractivity contribution in [2.45, 2.75) is 39.2 Å². The molecule has 0 aromatic heterocycles. The quantitative estimate of drug-likeness (QED) is 0.617. The summed E-state index contributed by atoms with van der Waals surface area (Å²) >= 11 is 0. The molecule has 2 rings (SSSR count). The van der Waals surface area contributed by atoms with Gasteiger partial charge in [-0.15, -0.1) is 0 Å². The molecular weight excluding hydrogens is 380 g/mol. The summed E-state index contributed by atoms with van der Waals surface area (Å²) in [4.78, 5) is 40.7. The van der Waals surface area contributed by atoms with Crippen molar-refractivity contribution in [3.63, 3.8) is 0 Å². The zero-order chi connectivity index (χ0) is 21.1. The summed E-state index contributed by atoms with van der Waals surface area (Å²) in [5.41, 5.74) is 0. The van der Waals surface area contributed by atoms with Gasteiger partial charge in [0.05, 0.1) is 52.9 Å². The van der Waals surface area contributed by atoms with E-state index in [0.717, 1.165) is 0 Å². The summed E-state index contributed by atoms with van der Waals surface area (Å²) in [6, 6.07) is -0.772. The summed E-state index contributed by atoms with van der Waals surface area (Å²) < 4.78 is 21.9. The van der Waals surface area contributed by atoms with E-state index in [0.29, 0.717) is 72.4 Å². The van der Waals surface area contributed by atoms with Crippen LogP contribution in [0.2, 0.25) is 0 Å². The normalized spacial score (nSPS) is 22.4. The maximum Gasteiger partial charge on any atom is 0.246 e. The van der Waals surface area contributed by atoms with Crippen LogP contribution in [0.25, 0.3) is 0 Å². The lowest BCUT2D eigenvalue weighted by atomic mass is 10.0. The second-order valence-electron chi connectivity index (χ2n) is 7.58. The molecule has 2 heterocycles. The van der Waals surface area contributed by atoms with Crippen LogP contribution in [0.4, 0.5) is 0 Å². The second-order valence-corrected chi connectivity index (χ2v) is 7.58. The Hall–Kier alpha value is -1.55. The molecule has 2 aliphatic heterocycles. The molecule has 0 aliphatic carbocycles. The minimum Gasteiger partial charge on any atom is -0.377 e. The number of imide groups is 1. The average Bonchev–Trinajstić information content (AvgIpc) is 3.01. The van der Waals surface area contributed by atoms with E-state index < -0.39 is 6.04 Å². The van der Waals surface area contributed by atoms with Crippen LogP contribution in [0.1, 0.15) is 33.1 Å². The van der Waals surface area contributed by atoms with Gasteiger partial charge in [-0.25, -0.2) is 0 Å². The highest BCUT2D eigenvalue weighted by molar-refractivity contribution is 6.05. The molecule has 9 heteroatoms. The first-order chi connectivity index (χ1) is 14.0. The minimum atomic E-state index is -0.772. The van der Waals surface area contributed by atoms with E-state index in [4.69, 9.17) is 18.9 Å². The number of hydrogen-bond donors (Lipinski definition) is 0. The standard InChI is InChI=1S/C20H34N2O7/c1-16(2)15-17(22-18(23)3-4-19(22)24)20(25)21-5-7-26-9-11-28-13-14-29-12-10-27-8-6-21/h16-17H,3-15H2,1-2H3/t17-/m0/s1. The lowest BCUT2D eigenvalue weighted by Gasteiger charge is -2.32. The molecule has 3 amide bonds. The largest absolute Gasteiger partial charge is 0.377 e. The molecule has 2 saturated heterocycles. The number of rotatable bonds is 4. The van der Waals surface area contributed by atoms with Gasteiger partial charge in [-0.2, -0.15) is 0 Å². The van der Waals surface area contributed by atoms with E-state index in [1.54, 1.807) is 4.90 Å². The van der Waals surface area contributed by atoms with Crippen LogP contribution in [0.3, 0.4) is 0 Å². The van der Waals surface area contributed by atoms with Crippen LogP contribution in [0.5, 0.6) is 0 Å². The molecule has 0 N–H and O–H groups in total. The van der Waals surface area contributed by atoms with E-state index in [1.807, 2.05) is 13.8 Å². The number of nitrogens with zero attached hydrogens (tertiary/aromatic N) is 2. The van der Waals surface area contributed by atoms with Crippen molar-refractivity contribution in [2.75, 3.05) is 65.9 Å². The topological polar surface area (TPSA) is 94.6 Å². The summed E-state index contributed by atoms with van der Waals surface area (Å²) in [7, 11) is 0. The predicted molar refractivity (Wildman–Crippen MR) is 104 cm³/mol. The van der Waals surface area contributed by atoms with E-state index >= 15 is 0 Å². The Balaban J connectivity index is 2.05. The van der Waals surface area contributed by atoms with Gasteiger partial charge in [0, 0.05) is 25.9 Å². The molecule has 0 aromatic carbocycles. The second kappa shape index (κ2) is 12.9. The van der Waals surface area contributed by atoms with Gasteiger partial charge in [-0.1, -0.05) is 13.8 Å². The fraction of sp³-hybridized carbons (Fsp3) is 0.850. The third-order valence-electron chi connectivity index (χ3n) is 4.82. The summed E-state index contributed by atoms with van der Waals surface area (Å²) in [6.45, 7) is 8.16. The Morgan fingerprint density at radius 1 is 0.793 bits per heavy atom. The summed E-state index contributed by atoms with van der Waals surface area (Å²) in [5.74, 6) is -0.606. The van der Waals surface area contributed by atoms with Gasteiger partial charge in [0.2, 0.25) is 17.7 Å². The molecule has 2 fully saturated rings. The molecule has 9 nitrogen and oxygen atoms in total. The number of amides is 3. The highest BCUT2D eigenvalue weighted by Crippen LogP contribution is 2.22. The summed E-state index contributed by atoms with van der Waals surface area (Å²) in [5, 5.41) is 0. The lowest BCUT2D eigenvalue weighted by molar-refractivity contribution is -0.152. The van der Waals surface area contributed by atoms with Crippen LogP contribution in [-0.4, -0.2) is 99.5 Å². The van der Waals surface area contributed by atoms with Crippen molar-refractivity contribution in [1.29, 1.82) is 0 Å². The van der Waals surface area contributed by atoms with E-state index in [1.165, 1.54) is 4.90 Å². The van der Waals surface area contributed by atoms with Crippen molar-refractivity contribution in [3.8, 4) is 0 Å². The predicted octanol–water partition coefficient (Wildman–Crippen LogP) is 0.459. The highest BCUT2D eigenvalue weighted by atomic mass is 16.6. The van der Waals surface area contributed by atoms with E-state index in [9.17, 15) is 14.4 Å². The Kier molecular flexibility index (Phi) is 10.5. The molecule has 0 aromatic rings. The first kappa shape index (κ1) is 23.7. The zero-order valence-corrected chi connectivity index (χ0v) is 17.6. The third-order valence-corrected chi connectivity index (χ3v) is 4.82. The van der Waals surface area contributed by atoms with Gasteiger partial charge in [-0.3, -0.25) is 19.3 Å². The number of hydrogen-bond acceptors (Lipinski definition) is 7. The number of carbonyl (C=O) groups is 3. The van der Waals surface area contributed by atoms with Gasteiger partial charge < -0.3 is 23.8 Å². The Morgan fingerprint density at radius 2 is 1.21 bits per heavy atom. The Bertz CT molecular complexity index is 509. The van der Waals surface area contributed by atoms with Crippen LogP contribution >= 0.6 is 0 Å². The molecule has 2 aliphatic rings. The SMILES string of the molecule is CC(C)C[C@@H](C(=O)N1CCOCCOCCOCCOCC1)N1C(=O)CCC1=O. The Morgan fingerprint density at radius 3 is 1.62 bits per heavy atom. The van der Waals surface area contributed by atoms with Crippen LogP contribution in [0.15, 0.2) is 0 Å². The van der Waals surface area contributed by atoms with Gasteiger partial charge in [0.25, 0.3) is 0 Å². The zero-order valence-electron chi connectivity index (χ0n) is 17.6. The van der Waals surface area contributed by atoms with Crippen LogP contribution in [-0.2, 0) is 33.3 Å². The Labute approximate surface area is 172 Å². The third kappa shape index (κ3) is 8.00. The van der Waals surface area contributed by atoms with E-state index in [-0.39, 0.29) is 36.5 Å². The molecule has 0 radical (unpaired) electrons. The van der Waals surface area contributed by atoms with Crippen molar-refractivity contribution in [1.82, 2.24) is 9.80 Å². The molecular formula is C20H34N2O7. The smallest absolute Gasteiger partial charge is 0.246 e. The van der Waals surface area contributed by atoms with Crippen molar-refractivity contribution in [2.24, 2.45) is 5.92 Å². The van der Waals surface area contributed by atoms with Crippen molar-refractivity contribution >= 4 is 17.7 Å². The lowest BCUT2D eigenvalue weighted by Crippen LogP contribution is -2.52. The maximum atomic E-state index is 13.3. The van der Waals surface area contributed by atoms with Gasteiger partial charge in [0.1, 0.15) is 6.04 Å². The van der Waals surface area contributed by atoms with Crippen molar-refractivity contribution in [3.05, 3.63) is 0 Å². The van der Waals surface area contributed by atoms with Crippen LogP contribution in [0, 0.1) is 5.92 Å². The molecule has 1 atom stereocenters. The highest BCUT2D eigenvalue weighted by Gasteiger charge is 2.40. The molecule has 29 heavy (non-hydrogen) atoms. The monoisotopic (exact) mass is 414 g/mol. The molecule has 0 spiro atoms. The average molecular weight is 414 g/mol. The number of carbonyl (C=O) groups excluding carboxylic acids is 3. The molecule has 166 valence electrons. The van der Waals surface area contributed by atoms with Crippen molar-refractivity contribution < 1.29 is 33.3 Å². The van der Waals surface area contributed by atoms with Gasteiger partial charge >= 0.3 is 0 Å². The van der Waals surface area contributed by atoms with Crippen LogP contribution < -0.4 is 0 Å². The van der Waals surface area contributed by atoms with E-state index in [2.05, 4.69) is 0 Å². The fourth-order valence-corrected chi connectivity index (χ4v) is 3.36. The minimum absolute atomic E-state index is 0.162. The first-order valence-electron chi connectivity index (χ1n) is 10.5. The van der Waals surface area contributed by atoms with Gasteiger partial charge in [-0.05, 0) is 12.3 Å². The molecule has 0 unspecified atom stereocenters. The number of likely N-dealkylation sites (tertiary alicyclic amines) is 1. The van der Waals surface area contributed by atoms with Gasteiger partial charge in [0.15, 0.2) is 0 Å². The molecule has 0 saturated carbocycles.